The predicted molar refractivity (Wildman–Crippen MR) is 120 cm³/mol. The molecule has 3 aliphatic rings. The molecule has 4 rings (SSSR count). The van der Waals surface area contributed by atoms with E-state index in [1.807, 2.05) is 91.9 Å². The Balaban J connectivity index is 1.61. The smallest absolute Gasteiger partial charge is 0.310 e. The molecular formula is C27H28O4. The van der Waals surface area contributed by atoms with Gasteiger partial charge in [-0.25, -0.2) is 0 Å². The molecule has 1 aromatic carbocycles. The number of rotatable bonds is 6. The lowest BCUT2D eigenvalue weighted by atomic mass is 9.51. The number of carbonyl (C=O) groups excluding carboxylic acids is 1. The minimum absolute atomic E-state index is 0.0205. The highest BCUT2D eigenvalue weighted by atomic mass is 16.5. The second kappa shape index (κ2) is 9.34. The molecule has 6 atom stereocenters. The number of carboxylic acids is 1. The van der Waals surface area contributed by atoms with Crippen LogP contribution < -0.4 is 0 Å². The third kappa shape index (κ3) is 4.48. The van der Waals surface area contributed by atoms with Gasteiger partial charge in [0.1, 0.15) is 6.10 Å². The minimum Gasteiger partial charge on any atom is -0.481 e. The molecule has 1 fully saturated rings. The molecule has 1 saturated carbocycles. The van der Waals surface area contributed by atoms with Crippen LogP contribution in [0.5, 0.6) is 0 Å². The minimum atomic E-state index is -0.842. The van der Waals surface area contributed by atoms with E-state index in [0.717, 1.165) is 24.0 Å². The van der Waals surface area contributed by atoms with Gasteiger partial charge in [0.15, 0.2) is 0 Å². The van der Waals surface area contributed by atoms with Gasteiger partial charge in [-0.1, -0.05) is 85.0 Å². The summed E-state index contributed by atoms with van der Waals surface area (Å²) in [4.78, 5) is 25.6. The standard InChI is InChI=1S/C27H28O4/c1-18(20-13-7-3-8-14-20)31-27(30)25-22(17-19-11-5-2-6-12-19)24(26(28)29)23(25)21-15-9-4-10-16-21/h2-11,13-15,17-18,21-25H,12,16H2,1H3,(H,28,29). The first kappa shape index (κ1) is 21.1. The average Bonchev–Trinajstić information content (AvgIpc) is 2.78. The lowest BCUT2D eigenvalue weighted by molar-refractivity contribution is -0.178. The van der Waals surface area contributed by atoms with Crippen molar-refractivity contribution in [3.63, 3.8) is 0 Å². The number of allylic oxidation sites excluding steroid dienone is 10. The second-order valence-electron chi connectivity index (χ2n) is 8.48. The van der Waals surface area contributed by atoms with Crippen molar-refractivity contribution in [1.82, 2.24) is 0 Å². The van der Waals surface area contributed by atoms with Crippen LogP contribution in [0.4, 0.5) is 0 Å². The van der Waals surface area contributed by atoms with Gasteiger partial charge in [-0.15, -0.1) is 0 Å². The molecule has 160 valence electrons. The van der Waals surface area contributed by atoms with Crippen molar-refractivity contribution in [2.24, 2.45) is 29.6 Å². The number of benzene rings is 1. The number of carbonyl (C=O) groups is 2. The Bertz CT molecular complexity index is 966. The molecular weight excluding hydrogens is 388 g/mol. The van der Waals surface area contributed by atoms with E-state index in [4.69, 9.17) is 4.74 Å². The Kier molecular flexibility index (Phi) is 6.36. The first-order valence-corrected chi connectivity index (χ1v) is 10.9. The van der Waals surface area contributed by atoms with Crippen LogP contribution in [0.15, 0.2) is 90.6 Å². The zero-order chi connectivity index (χ0) is 21.8. The fourth-order valence-electron chi connectivity index (χ4n) is 5.03. The molecule has 0 bridgehead atoms. The van der Waals surface area contributed by atoms with E-state index in [9.17, 15) is 14.7 Å². The van der Waals surface area contributed by atoms with E-state index in [-0.39, 0.29) is 29.8 Å². The quantitative estimate of drug-likeness (QED) is 0.628. The third-order valence-electron chi connectivity index (χ3n) is 6.60. The molecule has 0 heterocycles. The molecule has 4 heteroatoms. The van der Waals surface area contributed by atoms with E-state index < -0.39 is 17.8 Å². The number of hydrogen-bond donors (Lipinski definition) is 1. The molecule has 0 amide bonds. The monoisotopic (exact) mass is 416 g/mol. The summed E-state index contributed by atoms with van der Waals surface area (Å²) in [6, 6.07) is 9.63. The molecule has 6 unspecified atom stereocenters. The van der Waals surface area contributed by atoms with Crippen molar-refractivity contribution in [2.45, 2.75) is 25.9 Å². The molecule has 1 aromatic rings. The van der Waals surface area contributed by atoms with Crippen LogP contribution in [0.25, 0.3) is 0 Å². The first-order valence-electron chi connectivity index (χ1n) is 10.9. The van der Waals surface area contributed by atoms with Crippen LogP contribution in [0.1, 0.15) is 31.4 Å². The number of carboxylic acid groups (broad SMARTS) is 1. The summed E-state index contributed by atoms with van der Waals surface area (Å²) in [6.07, 6.45) is 19.0. The van der Waals surface area contributed by atoms with Gasteiger partial charge in [-0.05, 0) is 42.7 Å². The molecule has 4 nitrogen and oxygen atoms in total. The van der Waals surface area contributed by atoms with Crippen LogP contribution in [-0.4, -0.2) is 17.0 Å². The lowest BCUT2D eigenvalue weighted by Crippen LogP contribution is -2.56. The van der Waals surface area contributed by atoms with Gasteiger partial charge in [0.25, 0.3) is 0 Å². The normalized spacial score (nSPS) is 31.3. The molecule has 0 saturated heterocycles. The highest BCUT2D eigenvalue weighted by Gasteiger charge is 2.59. The largest absolute Gasteiger partial charge is 0.481 e. The maximum atomic E-state index is 13.4. The maximum absolute atomic E-state index is 13.4. The van der Waals surface area contributed by atoms with Crippen molar-refractivity contribution in [3.05, 3.63) is 96.2 Å². The van der Waals surface area contributed by atoms with Crippen molar-refractivity contribution in [3.8, 4) is 0 Å². The van der Waals surface area contributed by atoms with Gasteiger partial charge in [0, 0.05) is 5.92 Å². The molecule has 1 N–H and O–H groups in total. The van der Waals surface area contributed by atoms with Gasteiger partial charge < -0.3 is 9.84 Å². The molecule has 0 aliphatic heterocycles. The molecule has 0 spiro atoms. The summed E-state index contributed by atoms with van der Waals surface area (Å²) in [6.45, 7) is 1.86. The van der Waals surface area contributed by atoms with Gasteiger partial charge in [0.2, 0.25) is 0 Å². The maximum Gasteiger partial charge on any atom is 0.310 e. The van der Waals surface area contributed by atoms with Gasteiger partial charge in [-0.2, -0.15) is 0 Å². The molecule has 0 aromatic heterocycles. The van der Waals surface area contributed by atoms with Gasteiger partial charge in [-0.3, -0.25) is 9.59 Å². The Labute approximate surface area is 183 Å². The van der Waals surface area contributed by atoms with E-state index >= 15 is 0 Å². The van der Waals surface area contributed by atoms with Crippen molar-refractivity contribution in [1.29, 1.82) is 0 Å². The fraction of sp³-hybridized carbons (Fsp3) is 0.333. The second-order valence-corrected chi connectivity index (χ2v) is 8.48. The van der Waals surface area contributed by atoms with E-state index in [1.165, 1.54) is 0 Å². The van der Waals surface area contributed by atoms with Gasteiger partial charge in [0.05, 0.1) is 11.8 Å². The highest BCUT2D eigenvalue weighted by Crippen LogP contribution is 2.54. The lowest BCUT2D eigenvalue weighted by Gasteiger charge is -2.50. The fourth-order valence-corrected chi connectivity index (χ4v) is 5.03. The van der Waals surface area contributed by atoms with Crippen LogP contribution in [0.3, 0.4) is 0 Å². The summed E-state index contributed by atoms with van der Waals surface area (Å²) < 4.78 is 5.87. The molecule has 31 heavy (non-hydrogen) atoms. The van der Waals surface area contributed by atoms with E-state index in [1.54, 1.807) is 0 Å². The van der Waals surface area contributed by atoms with Crippen LogP contribution in [-0.2, 0) is 14.3 Å². The zero-order valence-electron chi connectivity index (χ0n) is 17.6. The highest BCUT2D eigenvalue weighted by molar-refractivity contribution is 5.82. The Morgan fingerprint density at radius 2 is 1.84 bits per heavy atom. The number of esters is 1. The zero-order valence-corrected chi connectivity index (χ0v) is 17.6. The number of ether oxygens (including phenoxy) is 1. The predicted octanol–water partition coefficient (Wildman–Crippen LogP) is 5.43. The number of hydrogen-bond acceptors (Lipinski definition) is 3. The van der Waals surface area contributed by atoms with Crippen molar-refractivity contribution >= 4 is 11.9 Å². The SMILES string of the molecule is CC(OC(=O)C1C(C=C2C=CC=CC2)C(C(=O)O)C1C1C=CC=CC1)c1ccccc1. The summed E-state index contributed by atoms with van der Waals surface area (Å²) in [5, 5.41) is 10.0. The van der Waals surface area contributed by atoms with Crippen LogP contribution in [0.2, 0.25) is 0 Å². The Hall–Kier alpha value is -3.14. The Morgan fingerprint density at radius 1 is 1.06 bits per heavy atom. The average molecular weight is 417 g/mol. The van der Waals surface area contributed by atoms with E-state index in [0.29, 0.717) is 0 Å². The molecule has 0 radical (unpaired) electrons. The van der Waals surface area contributed by atoms with E-state index in [2.05, 4.69) is 0 Å². The summed E-state index contributed by atoms with van der Waals surface area (Å²) >= 11 is 0. The number of aliphatic carboxylic acids is 1. The van der Waals surface area contributed by atoms with Crippen molar-refractivity contribution < 1.29 is 19.4 Å². The van der Waals surface area contributed by atoms with Gasteiger partial charge >= 0.3 is 11.9 Å². The Morgan fingerprint density at radius 3 is 2.48 bits per heavy atom. The summed E-state index contributed by atoms with van der Waals surface area (Å²) in [5.41, 5.74) is 1.97. The topological polar surface area (TPSA) is 63.6 Å². The summed E-state index contributed by atoms with van der Waals surface area (Å²) in [5.74, 6) is -2.85. The summed E-state index contributed by atoms with van der Waals surface area (Å²) in [7, 11) is 0. The molecule has 3 aliphatic carbocycles. The van der Waals surface area contributed by atoms with Crippen molar-refractivity contribution in [2.75, 3.05) is 0 Å². The van der Waals surface area contributed by atoms with Crippen LogP contribution >= 0.6 is 0 Å². The van der Waals surface area contributed by atoms with Crippen LogP contribution in [0, 0.1) is 29.6 Å². The first-order chi connectivity index (χ1) is 15.1. The third-order valence-corrected chi connectivity index (χ3v) is 6.60.